The molecule has 0 spiro atoms. The lowest BCUT2D eigenvalue weighted by atomic mass is 10.1. The molecule has 0 saturated carbocycles. The Morgan fingerprint density at radius 1 is 1.61 bits per heavy atom. The number of nitro benzene ring substituents is 1. The summed E-state index contributed by atoms with van der Waals surface area (Å²) in [6.07, 6.45) is 1.82. The largest absolute Gasteiger partial charge is 0.495 e. The number of ether oxygens (including phenoxy) is 1. The SMILES string of the molecule is COc1ccc(/C=C/C(=O)O)c([N+](=O)[O-])c1C#N. The topological polar surface area (TPSA) is 113 Å². The van der Waals surface area contributed by atoms with E-state index in [-0.39, 0.29) is 16.9 Å². The fraction of sp³-hybridized carbons (Fsp3) is 0.0909. The zero-order chi connectivity index (χ0) is 13.7. The maximum atomic E-state index is 10.9. The van der Waals surface area contributed by atoms with Gasteiger partial charge in [-0.15, -0.1) is 0 Å². The van der Waals surface area contributed by atoms with Gasteiger partial charge in [0.2, 0.25) is 0 Å². The lowest BCUT2D eigenvalue weighted by molar-refractivity contribution is -0.385. The molecule has 0 saturated heterocycles. The Balaban J connectivity index is 3.50. The minimum absolute atomic E-state index is 0.0275. The number of hydrogen-bond donors (Lipinski definition) is 1. The number of methoxy groups -OCH3 is 1. The first kappa shape index (κ1) is 13.2. The number of benzene rings is 1. The van der Waals surface area contributed by atoms with Crippen LogP contribution in [0.25, 0.3) is 6.08 Å². The normalized spacial score (nSPS) is 10.0. The molecule has 0 aromatic heterocycles. The van der Waals surface area contributed by atoms with Crippen molar-refractivity contribution in [1.29, 1.82) is 5.26 Å². The number of aliphatic carboxylic acids is 1. The molecule has 1 rings (SSSR count). The van der Waals surface area contributed by atoms with Gasteiger partial charge in [-0.05, 0) is 18.2 Å². The smallest absolute Gasteiger partial charge is 0.328 e. The highest BCUT2D eigenvalue weighted by molar-refractivity contribution is 5.87. The van der Waals surface area contributed by atoms with Crippen LogP contribution in [-0.4, -0.2) is 23.1 Å². The van der Waals surface area contributed by atoms with Crippen LogP contribution in [0, 0.1) is 21.4 Å². The van der Waals surface area contributed by atoms with E-state index in [4.69, 9.17) is 15.1 Å². The number of carbonyl (C=O) groups is 1. The van der Waals surface area contributed by atoms with E-state index in [1.54, 1.807) is 6.07 Å². The number of nitrogens with zero attached hydrogens (tertiary/aromatic N) is 2. The van der Waals surface area contributed by atoms with Crippen LogP contribution in [0.15, 0.2) is 18.2 Å². The maximum absolute atomic E-state index is 10.9. The van der Waals surface area contributed by atoms with Crippen molar-refractivity contribution in [1.82, 2.24) is 0 Å². The molecular formula is C11H8N2O5. The number of carboxylic acids is 1. The standard InChI is InChI=1S/C11H8N2O5/c1-18-9-4-2-7(3-5-10(14)15)11(13(16)17)8(9)6-12/h2-5H,1H3,(H,14,15)/b5-3+. The third-order valence-corrected chi connectivity index (χ3v) is 2.09. The van der Waals surface area contributed by atoms with Gasteiger partial charge in [0, 0.05) is 6.08 Å². The zero-order valence-electron chi connectivity index (χ0n) is 9.28. The lowest BCUT2D eigenvalue weighted by Gasteiger charge is -2.05. The van der Waals surface area contributed by atoms with Gasteiger partial charge >= 0.3 is 5.97 Å². The predicted octanol–water partition coefficient (Wildman–Crippen LogP) is 1.57. The molecule has 0 amide bonds. The van der Waals surface area contributed by atoms with Gasteiger partial charge in [-0.1, -0.05) is 0 Å². The Kier molecular flexibility index (Phi) is 3.99. The molecule has 0 aliphatic rings. The van der Waals surface area contributed by atoms with Crippen molar-refractivity contribution >= 4 is 17.7 Å². The number of hydrogen-bond acceptors (Lipinski definition) is 5. The minimum Gasteiger partial charge on any atom is -0.495 e. The lowest BCUT2D eigenvalue weighted by Crippen LogP contribution is -1.99. The van der Waals surface area contributed by atoms with Crippen LogP contribution in [0.4, 0.5) is 5.69 Å². The molecule has 7 nitrogen and oxygen atoms in total. The molecule has 18 heavy (non-hydrogen) atoms. The van der Waals surface area contributed by atoms with Crippen LogP contribution < -0.4 is 4.74 Å². The maximum Gasteiger partial charge on any atom is 0.328 e. The van der Waals surface area contributed by atoms with Gasteiger partial charge in [-0.3, -0.25) is 10.1 Å². The summed E-state index contributed by atoms with van der Waals surface area (Å²) in [5, 5.41) is 28.3. The summed E-state index contributed by atoms with van der Waals surface area (Å²) in [5.41, 5.74) is -0.691. The number of nitriles is 1. The van der Waals surface area contributed by atoms with Crippen molar-refractivity contribution in [3.63, 3.8) is 0 Å². The molecule has 0 aliphatic carbocycles. The zero-order valence-corrected chi connectivity index (χ0v) is 9.28. The van der Waals surface area contributed by atoms with Gasteiger partial charge in [0.25, 0.3) is 5.69 Å². The Bertz CT molecular complexity index is 572. The van der Waals surface area contributed by atoms with Crippen LogP contribution in [0.2, 0.25) is 0 Å². The van der Waals surface area contributed by atoms with Gasteiger partial charge < -0.3 is 9.84 Å². The molecular weight excluding hydrogens is 240 g/mol. The quantitative estimate of drug-likeness (QED) is 0.491. The van der Waals surface area contributed by atoms with E-state index in [1.807, 2.05) is 0 Å². The van der Waals surface area contributed by atoms with Crippen molar-refractivity contribution in [2.75, 3.05) is 7.11 Å². The Morgan fingerprint density at radius 2 is 2.28 bits per heavy atom. The number of carboxylic acid groups (broad SMARTS) is 1. The van der Waals surface area contributed by atoms with Crippen LogP contribution in [0.1, 0.15) is 11.1 Å². The Labute approximate surface area is 102 Å². The highest BCUT2D eigenvalue weighted by atomic mass is 16.6. The highest BCUT2D eigenvalue weighted by Crippen LogP contribution is 2.31. The molecule has 7 heteroatoms. The van der Waals surface area contributed by atoms with E-state index in [1.165, 1.54) is 19.2 Å². The van der Waals surface area contributed by atoms with E-state index in [0.717, 1.165) is 12.2 Å². The third-order valence-electron chi connectivity index (χ3n) is 2.09. The van der Waals surface area contributed by atoms with Gasteiger partial charge in [-0.2, -0.15) is 5.26 Å². The second-order valence-electron chi connectivity index (χ2n) is 3.12. The molecule has 0 unspecified atom stereocenters. The fourth-order valence-electron chi connectivity index (χ4n) is 1.36. The summed E-state index contributed by atoms with van der Waals surface area (Å²) in [6, 6.07) is 4.36. The summed E-state index contributed by atoms with van der Waals surface area (Å²) in [5.74, 6) is -1.17. The molecule has 0 heterocycles. The summed E-state index contributed by atoms with van der Waals surface area (Å²) in [6.45, 7) is 0. The van der Waals surface area contributed by atoms with Crippen LogP contribution in [0.5, 0.6) is 5.75 Å². The summed E-state index contributed by atoms with van der Waals surface area (Å²) in [4.78, 5) is 20.6. The summed E-state index contributed by atoms with van der Waals surface area (Å²) in [7, 11) is 1.28. The summed E-state index contributed by atoms with van der Waals surface area (Å²) >= 11 is 0. The first-order valence-electron chi connectivity index (χ1n) is 4.67. The molecule has 92 valence electrons. The molecule has 1 N–H and O–H groups in total. The van der Waals surface area contributed by atoms with Crippen LogP contribution in [0.3, 0.4) is 0 Å². The molecule has 0 bridgehead atoms. The first-order chi connectivity index (χ1) is 8.51. The predicted molar refractivity (Wildman–Crippen MR) is 61.0 cm³/mol. The first-order valence-corrected chi connectivity index (χ1v) is 4.67. The molecule has 0 fully saturated rings. The highest BCUT2D eigenvalue weighted by Gasteiger charge is 2.22. The molecule has 1 aromatic carbocycles. The van der Waals surface area contributed by atoms with Crippen LogP contribution >= 0.6 is 0 Å². The third kappa shape index (κ3) is 2.62. The van der Waals surface area contributed by atoms with E-state index < -0.39 is 16.6 Å². The summed E-state index contributed by atoms with van der Waals surface area (Å²) < 4.78 is 4.84. The second-order valence-corrected chi connectivity index (χ2v) is 3.12. The van der Waals surface area contributed by atoms with Gasteiger partial charge in [0.1, 0.15) is 11.8 Å². The average molecular weight is 248 g/mol. The second kappa shape index (κ2) is 5.45. The number of nitro groups is 1. The van der Waals surface area contributed by atoms with Crippen LogP contribution in [-0.2, 0) is 4.79 Å². The van der Waals surface area contributed by atoms with E-state index in [0.29, 0.717) is 0 Å². The van der Waals surface area contributed by atoms with Gasteiger partial charge in [-0.25, -0.2) is 4.79 Å². The Morgan fingerprint density at radius 3 is 2.72 bits per heavy atom. The molecule has 1 aromatic rings. The fourth-order valence-corrected chi connectivity index (χ4v) is 1.36. The van der Waals surface area contributed by atoms with Gasteiger partial charge in [0.15, 0.2) is 5.56 Å². The monoisotopic (exact) mass is 248 g/mol. The van der Waals surface area contributed by atoms with Crippen molar-refractivity contribution in [3.05, 3.63) is 39.4 Å². The van der Waals surface area contributed by atoms with Crippen molar-refractivity contribution in [2.45, 2.75) is 0 Å². The molecule has 0 radical (unpaired) electrons. The minimum atomic E-state index is -1.24. The molecule has 0 atom stereocenters. The van der Waals surface area contributed by atoms with E-state index >= 15 is 0 Å². The van der Waals surface area contributed by atoms with Crippen molar-refractivity contribution in [3.8, 4) is 11.8 Å². The van der Waals surface area contributed by atoms with Gasteiger partial charge in [0.05, 0.1) is 17.6 Å². The number of rotatable bonds is 4. The van der Waals surface area contributed by atoms with Crippen molar-refractivity contribution in [2.24, 2.45) is 0 Å². The van der Waals surface area contributed by atoms with Crippen molar-refractivity contribution < 1.29 is 19.6 Å². The van der Waals surface area contributed by atoms with E-state index in [2.05, 4.69) is 0 Å². The average Bonchev–Trinajstić information content (AvgIpc) is 2.34. The Hall–Kier alpha value is -2.88. The van der Waals surface area contributed by atoms with E-state index in [9.17, 15) is 14.9 Å². The molecule has 0 aliphatic heterocycles.